The first-order valence-corrected chi connectivity index (χ1v) is 12.2. The lowest BCUT2D eigenvalue weighted by Gasteiger charge is -2.55. The maximum atomic E-state index is 12.6. The van der Waals surface area contributed by atoms with Gasteiger partial charge in [-0.1, -0.05) is 0 Å². The lowest BCUT2D eigenvalue weighted by molar-refractivity contribution is -0.211. The molecule has 7 rings (SSSR count). The molecule has 1 aliphatic carbocycles. The van der Waals surface area contributed by atoms with Gasteiger partial charge in [0.15, 0.2) is 23.8 Å². The Labute approximate surface area is 206 Å². The predicted molar refractivity (Wildman–Crippen MR) is 130 cm³/mol. The van der Waals surface area contributed by atoms with E-state index in [4.69, 9.17) is 9.47 Å². The number of aliphatic hydroxyl groups is 1. The Hall–Kier alpha value is -3.41. The normalized spacial score (nSPS) is 25.8. The molecule has 2 saturated heterocycles. The highest BCUT2D eigenvalue weighted by molar-refractivity contribution is 5.94. The van der Waals surface area contributed by atoms with Crippen molar-refractivity contribution in [3.63, 3.8) is 0 Å². The standard InChI is InChI=1S/C25H28N6O5/c1-15-2-4-17-23(28-15)31(21(34)11-26-17)12-19(32)25-8-6-24(7-9-25,14-36-25)27-10-16-3-5-18-22(29-16)30-20(33)13-35-18/h2-5,11,19,27,32H,6-10,12-14H2,1H3,(H,29,30,33). The maximum Gasteiger partial charge on any atom is 0.270 e. The number of hydrogen-bond acceptors (Lipinski definition) is 9. The van der Waals surface area contributed by atoms with Gasteiger partial charge in [0.05, 0.1) is 30.6 Å². The Bertz CT molecular complexity index is 1380. The molecule has 1 unspecified atom stereocenters. The average molecular weight is 493 g/mol. The minimum Gasteiger partial charge on any atom is -0.480 e. The molecule has 1 saturated carbocycles. The molecule has 3 fully saturated rings. The number of aryl methyl sites for hydroxylation is 1. The van der Waals surface area contributed by atoms with Crippen molar-refractivity contribution in [3.8, 4) is 5.75 Å². The fraction of sp³-hybridized carbons (Fsp3) is 0.480. The summed E-state index contributed by atoms with van der Waals surface area (Å²) in [6.45, 7) is 2.94. The van der Waals surface area contributed by atoms with Gasteiger partial charge in [-0.05, 0) is 56.9 Å². The summed E-state index contributed by atoms with van der Waals surface area (Å²) in [5.74, 6) is 0.798. The highest BCUT2D eigenvalue weighted by atomic mass is 16.5. The number of amides is 1. The van der Waals surface area contributed by atoms with Crippen molar-refractivity contribution >= 4 is 22.9 Å². The van der Waals surface area contributed by atoms with E-state index in [1.54, 1.807) is 0 Å². The SMILES string of the molecule is Cc1ccc2ncc(=O)n(CC(O)C34CCC(NCc5ccc6c(n5)NC(=O)CO6)(CC3)CO4)c2n1. The maximum absolute atomic E-state index is 12.6. The number of pyridine rings is 2. The molecule has 36 heavy (non-hydrogen) atoms. The van der Waals surface area contributed by atoms with Gasteiger partial charge in [-0.2, -0.15) is 0 Å². The van der Waals surface area contributed by atoms with Crippen LogP contribution in [0.5, 0.6) is 5.75 Å². The number of hydrogen-bond donors (Lipinski definition) is 3. The predicted octanol–water partition coefficient (Wildman–Crippen LogP) is 1.06. The second-order valence-electron chi connectivity index (χ2n) is 9.99. The van der Waals surface area contributed by atoms with Gasteiger partial charge in [-0.25, -0.2) is 15.0 Å². The topological polar surface area (TPSA) is 140 Å². The van der Waals surface area contributed by atoms with Gasteiger partial charge < -0.3 is 25.2 Å². The zero-order valence-corrected chi connectivity index (χ0v) is 20.0. The Kier molecular flexibility index (Phi) is 5.51. The van der Waals surface area contributed by atoms with Crippen LogP contribution < -0.4 is 20.9 Å². The molecule has 188 valence electrons. The third-order valence-electron chi connectivity index (χ3n) is 7.66. The molecule has 11 nitrogen and oxygen atoms in total. The Balaban J connectivity index is 1.13. The largest absolute Gasteiger partial charge is 0.480 e. The van der Waals surface area contributed by atoms with Crippen LogP contribution in [0.15, 0.2) is 35.3 Å². The van der Waals surface area contributed by atoms with Crippen LogP contribution in [-0.2, 0) is 22.6 Å². The molecule has 3 aromatic heterocycles. The number of nitrogens with one attached hydrogen (secondary N) is 2. The fourth-order valence-electron chi connectivity index (χ4n) is 5.41. The fourth-order valence-corrected chi connectivity index (χ4v) is 5.41. The molecule has 0 spiro atoms. The number of fused-ring (bicyclic) bond motifs is 5. The number of aromatic nitrogens is 4. The van der Waals surface area contributed by atoms with E-state index in [1.807, 2.05) is 31.2 Å². The van der Waals surface area contributed by atoms with Crippen LogP contribution in [0.1, 0.15) is 37.1 Å². The third-order valence-corrected chi connectivity index (χ3v) is 7.66. The van der Waals surface area contributed by atoms with Crippen LogP contribution in [0, 0.1) is 6.92 Å². The molecule has 3 aromatic rings. The van der Waals surface area contributed by atoms with E-state index in [2.05, 4.69) is 25.6 Å². The highest BCUT2D eigenvalue weighted by Crippen LogP contribution is 2.46. The summed E-state index contributed by atoms with van der Waals surface area (Å²) in [6, 6.07) is 7.37. The van der Waals surface area contributed by atoms with Crippen molar-refractivity contribution in [1.29, 1.82) is 0 Å². The summed E-state index contributed by atoms with van der Waals surface area (Å²) >= 11 is 0. The number of nitrogens with zero attached hydrogens (tertiary/aromatic N) is 4. The minimum atomic E-state index is -0.854. The van der Waals surface area contributed by atoms with Crippen molar-refractivity contribution in [2.24, 2.45) is 0 Å². The summed E-state index contributed by atoms with van der Waals surface area (Å²) in [7, 11) is 0. The lowest BCUT2D eigenvalue weighted by atomic mass is 9.69. The van der Waals surface area contributed by atoms with E-state index >= 15 is 0 Å². The second-order valence-corrected chi connectivity index (χ2v) is 9.99. The van der Waals surface area contributed by atoms with Crippen molar-refractivity contribution in [3.05, 3.63) is 52.2 Å². The average Bonchev–Trinajstić information content (AvgIpc) is 2.90. The van der Waals surface area contributed by atoms with Gasteiger partial charge in [0, 0.05) is 17.8 Å². The quantitative estimate of drug-likeness (QED) is 0.461. The van der Waals surface area contributed by atoms with Crippen LogP contribution in [-0.4, -0.2) is 61.0 Å². The van der Waals surface area contributed by atoms with E-state index in [9.17, 15) is 14.7 Å². The monoisotopic (exact) mass is 492 g/mol. The van der Waals surface area contributed by atoms with Crippen LogP contribution in [0.4, 0.5) is 5.82 Å². The smallest absolute Gasteiger partial charge is 0.270 e. The molecule has 3 aliphatic heterocycles. The van der Waals surface area contributed by atoms with Crippen LogP contribution in [0.25, 0.3) is 11.2 Å². The van der Waals surface area contributed by atoms with Gasteiger partial charge in [0.2, 0.25) is 0 Å². The van der Waals surface area contributed by atoms with E-state index in [0.717, 1.165) is 24.2 Å². The van der Waals surface area contributed by atoms with E-state index < -0.39 is 11.7 Å². The van der Waals surface area contributed by atoms with Crippen molar-refractivity contribution < 1.29 is 19.4 Å². The second kappa shape index (κ2) is 8.61. The first-order valence-electron chi connectivity index (χ1n) is 12.2. The first-order chi connectivity index (χ1) is 17.3. The van der Waals surface area contributed by atoms with E-state index in [1.165, 1.54) is 10.8 Å². The molecule has 2 bridgehead atoms. The molecule has 3 N–H and O–H groups in total. The summed E-state index contributed by atoms with van der Waals surface area (Å²) in [5, 5.41) is 17.6. The van der Waals surface area contributed by atoms with E-state index in [-0.39, 0.29) is 30.2 Å². The third kappa shape index (κ3) is 4.02. The molecule has 4 aliphatic rings. The highest BCUT2D eigenvalue weighted by Gasteiger charge is 2.53. The van der Waals surface area contributed by atoms with Gasteiger partial charge in [-0.3, -0.25) is 14.2 Å². The van der Waals surface area contributed by atoms with Crippen LogP contribution >= 0.6 is 0 Å². The van der Waals surface area contributed by atoms with Crippen LogP contribution in [0.2, 0.25) is 0 Å². The number of carbonyl (C=O) groups is 1. The number of ether oxygens (including phenoxy) is 2. The van der Waals surface area contributed by atoms with Crippen molar-refractivity contribution in [2.45, 2.75) is 62.9 Å². The number of anilines is 1. The summed E-state index contributed by atoms with van der Waals surface area (Å²) in [4.78, 5) is 37.4. The Morgan fingerprint density at radius 1 is 1.17 bits per heavy atom. The molecular weight excluding hydrogens is 464 g/mol. The van der Waals surface area contributed by atoms with Crippen molar-refractivity contribution in [1.82, 2.24) is 24.8 Å². The summed E-state index contributed by atoms with van der Waals surface area (Å²) < 4.78 is 13.2. The van der Waals surface area contributed by atoms with Gasteiger partial charge in [0.1, 0.15) is 11.6 Å². The molecule has 0 radical (unpaired) electrons. The van der Waals surface area contributed by atoms with Crippen molar-refractivity contribution in [2.75, 3.05) is 18.5 Å². The van der Waals surface area contributed by atoms with Crippen LogP contribution in [0.3, 0.4) is 0 Å². The summed E-state index contributed by atoms with van der Waals surface area (Å²) in [5.41, 5.74) is 1.46. The zero-order valence-electron chi connectivity index (χ0n) is 20.0. The minimum absolute atomic E-state index is 0.00248. The number of carbonyl (C=O) groups excluding carboxylic acids is 1. The molecular formula is C25H28N6O5. The molecule has 11 heteroatoms. The van der Waals surface area contributed by atoms with E-state index in [0.29, 0.717) is 48.7 Å². The van der Waals surface area contributed by atoms with Gasteiger partial charge in [-0.15, -0.1) is 0 Å². The molecule has 0 aromatic carbocycles. The summed E-state index contributed by atoms with van der Waals surface area (Å²) in [6.07, 6.45) is 3.43. The van der Waals surface area contributed by atoms with Gasteiger partial charge >= 0.3 is 0 Å². The number of rotatable bonds is 6. The molecule has 1 amide bonds. The number of aliphatic hydroxyl groups excluding tert-OH is 1. The molecule has 1 atom stereocenters. The first kappa shape index (κ1) is 23.0. The zero-order chi connectivity index (χ0) is 24.9. The lowest BCUT2D eigenvalue weighted by Crippen LogP contribution is -2.65. The Morgan fingerprint density at radius 3 is 2.78 bits per heavy atom. The molecule has 6 heterocycles. The van der Waals surface area contributed by atoms with Gasteiger partial charge in [0.25, 0.3) is 11.5 Å². The Morgan fingerprint density at radius 2 is 2.00 bits per heavy atom.